The van der Waals surface area contributed by atoms with E-state index in [1.807, 2.05) is 18.3 Å². The number of halogens is 1. The summed E-state index contributed by atoms with van der Waals surface area (Å²) < 4.78 is 2.69. The molecule has 1 N–H and O–H groups in total. The average Bonchev–Trinajstić information content (AvgIpc) is 2.56. The van der Waals surface area contributed by atoms with Gasteiger partial charge in [0.15, 0.2) is 5.65 Å². The predicted octanol–water partition coefficient (Wildman–Crippen LogP) is 2.09. The molecule has 72 valence electrons. The summed E-state index contributed by atoms with van der Waals surface area (Å²) in [7, 11) is 0. The fraction of sp³-hybridized carbons (Fsp3) is 0.111. The van der Waals surface area contributed by atoms with Crippen LogP contribution >= 0.6 is 15.9 Å². The Bertz CT molecular complexity index is 463. The van der Waals surface area contributed by atoms with E-state index in [1.165, 1.54) is 0 Å². The summed E-state index contributed by atoms with van der Waals surface area (Å²) in [5.74, 6) is 0.614. The number of nitrogens with zero attached hydrogens (tertiary/aromatic N) is 3. The van der Waals surface area contributed by atoms with Gasteiger partial charge in [-0.05, 0) is 28.1 Å². The number of aromatic nitrogens is 3. The van der Waals surface area contributed by atoms with Gasteiger partial charge in [0.2, 0.25) is 5.95 Å². The van der Waals surface area contributed by atoms with E-state index in [4.69, 9.17) is 0 Å². The van der Waals surface area contributed by atoms with E-state index in [9.17, 15) is 0 Å². The molecule has 0 unspecified atom stereocenters. The van der Waals surface area contributed by atoms with E-state index >= 15 is 0 Å². The molecule has 0 aliphatic heterocycles. The lowest BCUT2D eigenvalue weighted by molar-refractivity contribution is 0.955. The van der Waals surface area contributed by atoms with E-state index in [1.54, 1.807) is 10.6 Å². The van der Waals surface area contributed by atoms with Crippen molar-refractivity contribution in [1.82, 2.24) is 14.6 Å². The number of anilines is 1. The Morgan fingerprint density at radius 3 is 3.21 bits per heavy atom. The van der Waals surface area contributed by atoms with Crippen LogP contribution in [0.25, 0.3) is 5.65 Å². The molecule has 0 fully saturated rings. The van der Waals surface area contributed by atoms with Crippen molar-refractivity contribution in [2.75, 3.05) is 11.9 Å². The third-order valence-corrected chi connectivity index (χ3v) is 2.17. The molecule has 0 aromatic carbocycles. The molecule has 4 nitrogen and oxygen atoms in total. The number of nitrogens with one attached hydrogen (secondary N) is 1. The highest BCUT2D eigenvalue weighted by Gasteiger charge is 2.01. The highest BCUT2D eigenvalue weighted by molar-refractivity contribution is 9.10. The first-order chi connectivity index (χ1) is 6.79. The van der Waals surface area contributed by atoms with Crippen molar-refractivity contribution in [3.63, 3.8) is 0 Å². The van der Waals surface area contributed by atoms with Crippen molar-refractivity contribution in [1.29, 1.82) is 0 Å². The van der Waals surface area contributed by atoms with Crippen LogP contribution in [0.4, 0.5) is 5.95 Å². The summed E-state index contributed by atoms with van der Waals surface area (Å²) in [5.41, 5.74) is 0.819. The summed E-state index contributed by atoms with van der Waals surface area (Å²) in [4.78, 5) is 4.26. The molecule has 14 heavy (non-hydrogen) atoms. The summed E-state index contributed by atoms with van der Waals surface area (Å²) in [6, 6.07) is 3.83. The van der Waals surface area contributed by atoms with Crippen LogP contribution in [-0.4, -0.2) is 21.1 Å². The van der Waals surface area contributed by atoms with Gasteiger partial charge in [-0.15, -0.1) is 11.7 Å². The van der Waals surface area contributed by atoms with Gasteiger partial charge in [0, 0.05) is 17.2 Å². The number of hydrogen-bond donors (Lipinski definition) is 1. The van der Waals surface area contributed by atoms with Crippen LogP contribution in [0.2, 0.25) is 0 Å². The third kappa shape index (κ3) is 1.77. The lowest BCUT2D eigenvalue weighted by atomic mass is 10.5. The zero-order valence-electron chi connectivity index (χ0n) is 7.44. The first-order valence-electron chi connectivity index (χ1n) is 4.16. The average molecular weight is 253 g/mol. The second kappa shape index (κ2) is 3.79. The Kier molecular flexibility index (Phi) is 2.49. The Morgan fingerprint density at radius 1 is 1.57 bits per heavy atom. The van der Waals surface area contributed by atoms with E-state index in [0.29, 0.717) is 12.5 Å². The molecule has 0 saturated heterocycles. The molecule has 0 amide bonds. The van der Waals surface area contributed by atoms with Gasteiger partial charge in [0.05, 0.1) is 0 Å². The normalized spacial score (nSPS) is 10.4. The fourth-order valence-electron chi connectivity index (χ4n) is 1.10. The Labute approximate surface area is 89.8 Å². The fourth-order valence-corrected chi connectivity index (χ4v) is 1.42. The topological polar surface area (TPSA) is 42.2 Å². The van der Waals surface area contributed by atoms with Gasteiger partial charge in [-0.2, -0.15) is 4.98 Å². The zero-order valence-corrected chi connectivity index (χ0v) is 9.03. The summed E-state index contributed by atoms with van der Waals surface area (Å²) in [5, 5.41) is 7.25. The minimum absolute atomic E-state index is 0.614. The molecular formula is C9H9BrN4. The molecule has 2 aromatic heterocycles. The Balaban J connectivity index is 2.36. The molecule has 0 aliphatic rings. The zero-order chi connectivity index (χ0) is 9.97. The SMILES string of the molecule is C=CCNc1nc2ccc(Br)cn2n1. The second-order valence-electron chi connectivity index (χ2n) is 2.76. The largest absolute Gasteiger partial charge is 0.349 e. The van der Waals surface area contributed by atoms with Gasteiger partial charge in [0.25, 0.3) is 0 Å². The molecule has 0 radical (unpaired) electrons. The van der Waals surface area contributed by atoms with Gasteiger partial charge in [-0.3, -0.25) is 0 Å². The highest BCUT2D eigenvalue weighted by Crippen LogP contribution is 2.11. The van der Waals surface area contributed by atoms with Crippen molar-refractivity contribution in [2.24, 2.45) is 0 Å². The molecule has 5 heteroatoms. The van der Waals surface area contributed by atoms with Crippen LogP contribution < -0.4 is 5.32 Å². The maximum absolute atomic E-state index is 4.26. The van der Waals surface area contributed by atoms with Crippen molar-refractivity contribution >= 4 is 27.5 Å². The molecule has 0 spiro atoms. The van der Waals surface area contributed by atoms with Gasteiger partial charge in [0.1, 0.15) is 0 Å². The van der Waals surface area contributed by atoms with Gasteiger partial charge < -0.3 is 5.32 Å². The van der Waals surface area contributed by atoms with Gasteiger partial charge in [-0.25, -0.2) is 4.52 Å². The Morgan fingerprint density at radius 2 is 2.43 bits per heavy atom. The third-order valence-electron chi connectivity index (χ3n) is 1.70. The quantitative estimate of drug-likeness (QED) is 0.851. The summed E-state index contributed by atoms with van der Waals surface area (Å²) in [6.45, 7) is 4.28. The van der Waals surface area contributed by atoms with Crippen LogP contribution in [-0.2, 0) is 0 Å². The van der Waals surface area contributed by atoms with Crippen molar-refractivity contribution in [2.45, 2.75) is 0 Å². The van der Waals surface area contributed by atoms with Crippen LogP contribution in [0.15, 0.2) is 35.5 Å². The predicted molar refractivity (Wildman–Crippen MR) is 59.4 cm³/mol. The van der Waals surface area contributed by atoms with Crippen molar-refractivity contribution in [3.8, 4) is 0 Å². The van der Waals surface area contributed by atoms with Crippen molar-refractivity contribution in [3.05, 3.63) is 35.5 Å². The number of fused-ring (bicyclic) bond motifs is 1. The number of rotatable bonds is 3. The van der Waals surface area contributed by atoms with E-state index < -0.39 is 0 Å². The number of pyridine rings is 1. The molecule has 0 bridgehead atoms. The molecule has 0 saturated carbocycles. The van der Waals surface area contributed by atoms with E-state index in [0.717, 1.165) is 10.1 Å². The monoisotopic (exact) mass is 252 g/mol. The number of hydrogen-bond acceptors (Lipinski definition) is 3. The van der Waals surface area contributed by atoms with Crippen molar-refractivity contribution < 1.29 is 0 Å². The summed E-state index contributed by atoms with van der Waals surface area (Å²) >= 11 is 3.37. The second-order valence-corrected chi connectivity index (χ2v) is 3.67. The lowest BCUT2D eigenvalue weighted by Crippen LogP contribution is -1.99. The maximum atomic E-state index is 4.26. The maximum Gasteiger partial charge on any atom is 0.243 e. The highest BCUT2D eigenvalue weighted by atomic mass is 79.9. The molecule has 2 rings (SSSR count). The molecule has 0 atom stereocenters. The summed E-state index contributed by atoms with van der Waals surface area (Å²) in [6.07, 6.45) is 3.63. The minimum atomic E-state index is 0.614. The first kappa shape index (κ1) is 9.21. The van der Waals surface area contributed by atoms with Gasteiger partial charge >= 0.3 is 0 Å². The van der Waals surface area contributed by atoms with Crippen LogP contribution in [0.3, 0.4) is 0 Å². The molecule has 2 heterocycles. The molecular weight excluding hydrogens is 244 g/mol. The minimum Gasteiger partial charge on any atom is -0.349 e. The van der Waals surface area contributed by atoms with Crippen LogP contribution in [0.1, 0.15) is 0 Å². The van der Waals surface area contributed by atoms with Crippen LogP contribution in [0, 0.1) is 0 Å². The van der Waals surface area contributed by atoms with E-state index in [-0.39, 0.29) is 0 Å². The lowest BCUT2D eigenvalue weighted by Gasteiger charge is -1.92. The van der Waals surface area contributed by atoms with E-state index in [2.05, 4.69) is 37.9 Å². The first-order valence-corrected chi connectivity index (χ1v) is 4.95. The van der Waals surface area contributed by atoms with Crippen LogP contribution in [0.5, 0.6) is 0 Å². The molecule has 0 aliphatic carbocycles. The standard InChI is InChI=1S/C9H9BrN4/c1-2-5-11-9-12-8-4-3-7(10)6-14(8)13-9/h2-4,6H,1,5H2,(H,11,13). The molecule has 2 aromatic rings. The Hall–Kier alpha value is -1.36. The smallest absolute Gasteiger partial charge is 0.243 e. The van der Waals surface area contributed by atoms with Gasteiger partial charge in [-0.1, -0.05) is 6.08 Å².